The molecule has 0 aliphatic rings. The molecule has 6 nitrogen and oxygen atoms in total. The van der Waals surface area contributed by atoms with Gasteiger partial charge in [-0.2, -0.15) is 5.10 Å². The number of aliphatic hydroxyl groups excluding tert-OH is 1. The Kier molecular flexibility index (Phi) is 4.52. The number of nitrogens with zero attached hydrogens (tertiary/aromatic N) is 1. The molecule has 0 bridgehead atoms. The number of amides is 2. The van der Waals surface area contributed by atoms with Gasteiger partial charge >= 0.3 is 6.03 Å². The summed E-state index contributed by atoms with van der Waals surface area (Å²) in [6.07, 6.45) is 2.24. The van der Waals surface area contributed by atoms with Crippen LogP contribution in [-0.2, 0) is 0 Å². The molecule has 0 saturated carbocycles. The first-order chi connectivity index (χ1) is 9.29. The van der Waals surface area contributed by atoms with Crippen molar-refractivity contribution < 1.29 is 9.90 Å². The monoisotopic (exact) mass is 260 g/mol. The third-order valence-electron chi connectivity index (χ3n) is 2.57. The molecule has 1 aromatic carbocycles. The zero-order valence-corrected chi connectivity index (χ0v) is 10.4. The van der Waals surface area contributed by atoms with Gasteiger partial charge in [0.1, 0.15) is 0 Å². The first kappa shape index (κ1) is 13.1. The van der Waals surface area contributed by atoms with Gasteiger partial charge in [-0.25, -0.2) is 4.79 Å². The highest BCUT2D eigenvalue weighted by Gasteiger charge is 2.02. The van der Waals surface area contributed by atoms with E-state index in [1.165, 1.54) is 0 Å². The van der Waals surface area contributed by atoms with E-state index in [-0.39, 0.29) is 12.6 Å². The number of carbonyl (C=O) groups excluding carboxylic acids is 1. The number of carbonyl (C=O) groups is 1. The van der Waals surface area contributed by atoms with Crippen molar-refractivity contribution in [1.29, 1.82) is 0 Å². The number of aliphatic hydroxyl groups is 1. The highest BCUT2D eigenvalue weighted by atomic mass is 16.3. The second kappa shape index (κ2) is 6.55. The molecular weight excluding hydrogens is 244 g/mol. The molecule has 0 saturated heterocycles. The summed E-state index contributed by atoms with van der Waals surface area (Å²) in [5.41, 5.74) is 2.65. The number of H-pyrrole nitrogens is 1. The van der Waals surface area contributed by atoms with Gasteiger partial charge in [0.25, 0.3) is 0 Å². The first-order valence-corrected chi connectivity index (χ1v) is 6.05. The van der Waals surface area contributed by atoms with Crippen molar-refractivity contribution in [3.05, 3.63) is 36.5 Å². The molecule has 0 fully saturated rings. The maximum absolute atomic E-state index is 11.5. The number of aromatic nitrogens is 2. The summed E-state index contributed by atoms with van der Waals surface area (Å²) in [6, 6.07) is 9.05. The summed E-state index contributed by atoms with van der Waals surface area (Å²) in [7, 11) is 0. The molecule has 4 N–H and O–H groups in total. The number of aromatic amines is 1. The third kappa shape index (κ3) is 3.82. The molecule has 2 aromatic rings. The molecule has 2 amide bonds. The molecule has 0 aliphatic heterocycles. The largest absolute Gasteiger partial charge is 0.396 e. The molecule has 2 rings (SSSR count). The van der Waals surface area contributed by atoms with Gasteiger partial charge in [-0.05, 0) is 30.2 Å². The molecule has 0 spiro atoms. The Morgan fingerprint density at radius 1 is 1.26 bits per heavy atom. The highest BCUT2D eigenvalue weighted by molar-refractivity contribution is 5.89. The van der Waals surface area contributed by atoms with E-state index < -0.39 is 0 Å². The number of rotatable bonds is 5. The number of anilines is 1. The number of urea groups is 1. The van der Waals surface area contributed by atoms with Gasteiger partial charge in [0.2, 0.25) is 0 Å². The minimum atomic E-state index is -0.275. The molecule has 6 heteroatoms. The van der Waals surface area contributed by atoms with Gasteiger partial charge in [0, 0.05) is 25.0 Å². The van der Waals surface area contributed by atoms with E-state index in [0.717, 1.165) is 11.3 Å². The summed E-state index contributed by atoms with van der Waals surface area (Å²) < 4.78 is 0. The normalized spacial score (nSPS) is 10.2. The average Bonchev–Trinajstić information content (AvgIpc) is 2.94. The molecule has 1 heterocycles. The van der Waals surface area contributed by atoms with Crippen molar-refractivity contribution in [1.82, 2.24) is 15.5 Å². The predicted octanol–water partition coefficient (Wildman–Crippen LogP) is 1.58. The highest BCUT2D eigenvalue weighted by Crippen LogP contribution is 2.18. The lowest BCUT2D eigenvalue weighted by molar-refractivity contribution is 0.249. The molecule has 100 valence electrons. The van der Waals surface area contributed by atoms with Crippen LogP contribution in [0.4, 0.5) is 10.5 Å². The van der Waals surface area contributed by atoms with Crippen LogP contribution in [0.15, 0.2) is 36.5 Å². The zero-order chi connectivity index (χ0) is 13.5. The minimum Gasteiger partial charge on any atom is -0.396 e. The maximum atomic E-state index is 11.5. The Hall–Kier alpha value is -2.34. The quantitative estimate of drug-likeness (QED) is 0.615. The maximum Gasteiger partial charge on any atom is 0.319 e. The smallest absolute Gasteiger partial charge is 0.319 e. The van der Waals surface area contributed by atoms with Crippen molar-refractivity contribution in [3.8, 4) is 11.3 Å². The predicted molar refractivity (Wildman–Crippen MR) is 72.7 cm³/mol. The van der Waals surface area contributed by atoms with Crippen LogP contribution in [0.25, 0.3) is 11.3 Å². The molecule has 1 aromatic heterocycles. The fourth-order valence-electron chi connectivity index (χ4n) is 1.61. The van der Waals surface area contributed by atoms with Crippen LogP contribution in [0.1, 0.15) is 6.42 Å². The molecule has 0 aliphatic carbocycles. The molecule has 0 atom stereocenters. The standard InChI is InChI=1S/C13H16N4O2/c18-9-1-7-14-13(19)16-11-4-2-10(3-5-11)12-6-8-15-17-12/h2-6,8,18H,1,7,9H2,(H,15,17)(H2,14,16,19). The summed E-state index contributed by atoms with van der Waals surface area (Å²) >= 11 is 0. The van der Waals surface area contributed by atoms with E-state index in [1.54, 1.807) is 6.20 Å². The third-order valence-corrected chi connectivity index (χ3v) is 2.57. The van der Waals surface area contributed by atoms with E-state index in [1.807, 2.05) is 30.3 Å². The van der Waals surface area contributed by atoms with Gasteiger partial charge < -0.3 is 15.7 Å². The van der Waals surface area contributed by atoms with Gasteiger partial charge in [0.15, 0.2) is 0 Å². The average molecular weight is 260 g/mol. The second-order valence-electron chi connectivity index (χ2n) is 4.01. The minimum absolute atomic E-state index is 0.0686. The van der Waals surface area contributed by atoms with E-state index in [4.69, 9.17) is 5.11 Å². The van der Waals surface area contributed by atoms with Crippen LogP contribution in [0.3, 0.4) is 0 Å². The number of benzene rings is 1. The molecule has 0 unspecified atom stereocenters. The molecule has 19 heavy (non-hydrogen) atoms. The second-order valence-corrected chi connectivity index (χ2v) is 4.01. The Bertz CT molecular complexity index is 508. The van der Waals surface area contributed by atoms with Crippen LogP contribution in [0.2, 0.25) is 0 Å². The summed E-state index contributed by atoms with van der Waals surface area (Å²) in [6.45, 7) is 0.522. The van der Waals surface area contributed by atoms with Crippen LogP contribution < -0.4 is 10.6 Å². The summed E-state index contributed by atoms with van der Waals surface area (Å²) in [5.74, 6) is 0. The Labute approximate surface area is 110 Å². The van der Waals surface area contributed by atoms with E-state index in [0.29, 0.717) is 18.7 Å². The summed E-state index contributed by atoms with van der Waals surface area (Å²) in [5, 5.41) is 20.7. The molecule has 0 radical (unpaired) electrons. The topological polar surface area (TPSA) is 90.0 Å². The summed E-state index contributed by atoms with van der Waals surface area (Å²) in [4.78, 5) is 11.5. The van der Waals surface area contributed by atoms with Crippen molar-refractivity contribution in [2.75, 3.05) is 18.5 Å². The first-order valence-electron chi connectivity index (χ1n) is 6.05. The van der Waals surface area contributed by atoms with Crippen LogP contribution in [0.5, 0.6) is 0 Å². The van der Waals surface area contributed by atoms with Crippen molar-refractivity contribution in [2.45, 2.75) is 6.42 Å². The Morgan fingerprint density at radius 3 is 2.68 bits per heavy atom. The van der Waals surface area contributed by atoms with Crippen molar-refractivity contribution in [2.24, 2.45) is 0 Å². The van der Waals surface area contributed by atoms with Crippen LogP contribution >= 0.6 is 0 Å². The van der Waals surface area contributed by atoms with Crippen molar-refractivity contribution >= 4 is 11.7 Å². The van der Waals surface area contributed by atoms with Crippen molar-refractivity contribution in [3.63, 3.8) is 0 Å². The van der Waals surface area contributed by atoms with Gasteiger partial charge in [-0.15, -0.1) is 0 Å². The number of hydrogen-bond donors (Lipinski definition) is 4. The Balaban J connectivity index is 1.90. The van der Waals surface area contributed by atoms with Crippen LogP contribution in [0, 0.1) is 0 Å². The van der Waals surface area contributed by atoms with E-state index in [2.05, 4.69) is 20.8 Å². The zero-order valence-electron chi connectivity index (χ0n) is 10.4. The number of hydrogen-bond acceptors (Lipinski definition) is 3. The lowest BCUT2D eigenvalue weighted by Gasteiger charge is -2.07. The lowest BCUT2D eigenvalue weighted by atomic mass is 10.1. The fourth-order valence-corrected chi connectivity index (χ4v) is 1.61. The van der Waals surface area contributed by atoms with Gasteiger partial charge in [-0.1, -0.05) is 12.1 Å². The lowest BCUT2D eigenvalue weighted by Crippen LogP contribution is -2.29. The fraction of sp³-hybridized carbons (Fsp3) is 0.231. The van der Waals surface area contributed by atoms with Gasteiger partial charge in [-0.3, -0.25) is 5.10 Å². The van der Waals surface area contributed by atoms with Crippen LogP contribution in [-0.4, -0.2) is 34.5 Å². The van der Waals surface area contributed by atoms with E-state index in [9.17, 15) is 4.79 Å². The molecular formula is C13H16N4O2. The SMILES string of the molecule is O=C(NCCCO)Nc1ccc(-c2ccn[nH]2)cc1. The van der Waals surface area contributed by atoms with Gasteiger partial charge in [0.05, 0.1) is 5.69 Å². The number of nitrogens with one attached hydrogen (secondary N) is 3. The Morgan fingerprint density at radius 2 is 2.05 bits per heavy atom. The van der Waals surface area contributed by atoms with E-state index >= 15 is 0 Å².